The van der Waals surface area contributed by atoms with Crippen LogP contribution in [0.2, 0.25) is 0 Å². The maximum Gasteiger partial charge on any atom is 0.222 e. The van der Waals surface area contributed by atoms with E-state index < -0.39 is 0 Å². The third kappa shape index (κ3) is 5.33. The molecule has 3 rings (SSSR count). The highest BCUT2D eigenvalue weighted by molar-refractivity contribution is 5.78. The van der Waals surface area contributed by atoms with Gasteiger partial charge in [-0.15, -0.1) is 0 Å². The molecule has 0 aromatic carbocycles. The van der Waals surface area contributed by atoms with Crippen molar-refractivity contribution in [2.75, 3.05) is 26.2 Å². The van der Waals surface area contributed by atoms with Crippen LogP contribution in [0, 0.1) is 11.3 Å². The Balaban J connectivity index is 1.52. The number of imidazole rings is 1. The molecule has 27 heavy (non-hydrogen) atoms. The number of likely N-dealkylation sites (tertiary alicyclic amines) is 2. The van der Waals surface area contributed by atoms with Crippen molar-refractivity contribution in [3.05, 3.63) is 18.7 Å². The summed E-state index contributed by atoms with van der Waals surface area (Å²) in [6.45, 7) is 8.62. The fourth-order valence-electron chi connectivity index (χ4n) is 4.46. The Kier molecular flexibility index (Phi) is 6.55. The number of carbonyl (C=O) groups is 2. The standard InChI is InChI=1S/C21H34N4O2/c1-18(2)7-13-25-16-21(9-6-20(25)27)8-4-12-24(15-21)19(26)5-3-11-23-14-10-22-17-23/h10,14,17-18H,3-9,11-13,15-16H2,1-2H3. The van der Waals surface area contributed by atoms with Crippen LogP contribution in [0.25, 0.3) is 0 Å². The summed E-state index contributed by atoms with van der Waals surface area (Å²) in [6, 6.07) is 0. The van der Waals surface area contributed by atoms with Crippen LogP contribution in [0.1, 0.15) is 58.8 Å². The quantitative estimate of drug-likeness (QED) is 0.737. The maximum absolute atomic E-state index is 12.7. The number of carbonyl (C=O) groups excluding carboxylic acids is 2. The monoisotopic (exact) mass is 374 g/mol. The largest absolute Gasteiger partial charge is 0.342 e. The Labute approximate surface area is 162 Å². The molecule has 2 aliphatic rings. The van der Waals surface area contributed by atoms with Gasteiger partial charge in [0.15, 0.2) is 0 Å². The van der Waals surface area contributed by atoms with Crippen molar-refractivity contribution in [2.45, 2.75) is 65.3 Å². The lowest BCUT2D eigenvalue weighted by atomic mass is 9.73. The van der Waals surface area contributed by atoms with Gasteiger partial charge in [0.2, 0.25) is 11.8 Å². The minimum atomic E-state index is 0.114. The smallest absolute Gasteiger partial charge is 0.222 e. The predicted octanol–water partition coefficient (Wildman–Crippen LogP) is 2.94. The lowest BCUT2D eigenvalue weighted by Gasteiger charge is -2.48. The summed E-state index contributed by atoms with van der Waals surface area (Å²) in [6.07, 6.45) is 11.8. The zero-order valence-corrected chi connectivity index (χ0v) is 16.9. The molecule has 1 aromatic heterocycles. The molecule has 6 heteroatoms. The molecule has 2 amide bonds. The summed E-state index contributed by atoms with van der Waals surface area (Å²) in [5.41, 5.74) is 0.114. The van der Waals surface area contributed by atoms with E-state index >= 15 is 0 Å². The van der Waals surface area contributed by atoms with E-state index in [2.05, 4.69) is 28.6 Å². The molecule has 3 heterocycles. The van der Waals surface area contributed by atoms with E-state index in [-0.39, 0.29) is 11.3 Å². The molecule has 1 atom stereocenters. The molecule has 1 unspecified atom stereocenters. The third-order valence-electron chi connectivity index (χ3n) is 6.10. The van der Waals surface area contributed by atoms with Crippen molar-refractivity contribution in [2.24, 2.45) is 11.3 Å². The van der Waals surface area contributed by atoms with Crippen LogP contribution in [0.3, 0.4) is 0 Å². The van der Waals surface area contributed by atoms with Crippen LogP contribution in [-0.2, 0) is 16.1 Å². The molecule has 0 saturated carbocycles. The van der Waals surface area contributed by atoms with Gasteiger partial charge in [0, 0.05) is 63.4 Å². The molecule has 150 valence electrons. The molecule has 0 bridgehead atoms. The van der Waals surface area contributed by atoms with Crippen molar-refractivity contribution < 1.29 is 9.59 Å². The molecular formula is C21H34N4O2. The van der Waals surface area contributed by atoms with Gasteiger partial charge >= 0.3 is 0 Å². The van der Waals surface area contributed by atoms with Gasteiger partial charge in [0.1, 0.15) is 0 Å². The SMILES string of the molecule is CC(C)CCN1CC2(CCCN(C(=O)CCCn3ccnc3)C2)CCC1=O. The number of aromatic nitrogens is 2. The number of hydrogen-bond donors (Lipinski definition) is 0. The van der Waals surface area contributed by atoms with Crippen LogP contribution in [-0.4, -0.2) is 57.3 Å². The first kappa shape index (κ1) is 19.9. The van der Waals surface area contributed by atoms with Crippen LogP contribution in [0.4, 0.5) is 0 Å². The molecule has 6 nitrogen and oxygen atoms in total. The summed E-state index contributed by atoms with van der Waals surface area (Å²) in [5.74, 6) is 1.17. The molecule has 1 aromatic rings. The van der Waals surface area contributed by atoms with Gasteiger partial charge in [-0.3, -0.25) is 9.59 Å². The van der Waals surface area contributed by atoms with Crippen molar-refractivity contribution in [3.63, 3.8) is 0 Å². The fraction of sp³-hybridized carbons (Fsp3) is 0.762. The minimum Gasteiger partial charge on any atom is -0.342 e. The third-order valence-corrected chi connectivity index (χ3v) is 6.10. The average molecular weight is 375 g/mol. The number of aryl methyl sites for hydroxylation is 1. The number of nitrogens with zero attached hydrogens (tertiary/aromatic N) is 4. The van der Waals surface area contributed by atoms with Gasteiger partial charge in [-0.1, -0.05) is 13.8 Å². The highest BCUT2D eigenvalue weighted by atomic mass is 16.2. The molecular weight excluding hydrogens is 340 g/mol. The Bertz CT molecular complexity index is 628. The summed E-state index contributed by atoms with van der Waals surface area (Å²) in [7, 11) is 0. The zero-order chi connectivity index (χ0) is 19.3. The Morgan fingerprint density at radius 2 is 2.11 bits per heavy atom. The van der Waals surface area contributed by atoms with Gasteiger partial charge < -0.3 is 14.4 Å². The van der Waals surface area contributed by atoms with Crippen LogP contribution in [0.5, 0.6) is 0 Å². The van der Waals surface area contributed by atoms with E-state index in [9.17, 15) is 9.59 Å². The number of amides is 2. The van der Waals surface area contributed by atoms with E-state index in [0.717, 1.165) is 64.8 Å². The summed E-state index contributed by atoms with van der Waals surface area (Å²) < 4.78 is 2.02. The first-order chi connectivity index (χ1) is 13.0. The van der Waals surface area contributed by atoms with E-state index in [0.29, 0.717) is 24.7 Å². The minimum absolute atomic E-state index is 0.114. The van der Waals surface area contributed by atoms with Crippen LogP contribution >= 0.6 is 0 Å². The Morgan fingerprint density at radius 3 is 2.85 bits per heavy atom. The lowest BCUT2D eigenvalue weighted by molar-refractivity contribution is -0.143. The number of piperidine rings is 2. The molecule has 0 aliphatic carbocycles. The van der Waals surface area contributed by atoms with Gasteiger partial charge in [-0.05, 0) is 38.0 Å². The molecule has 2 saturated heterocycles. The molecule has 2 aliphatic heterocycles. The average Bonchev–Trinajstić information content (AvgIpc) is 3.16. The maximum atomic E-state index is 12.7. The van der Waals surface area contributed by atoms with E-state index in [4.69, 9.17) is 0 Å². The lowest BCUT2D eigenvalue weighted by Crippen LogP contribution is -2.55. The molecule has 1 spiro atoms. The van der Waals surface area contributed by atoms with E-state index in [1.54, 1.807) is 12.5 Å². The Hall–Kier alpha value is -1.85. The predicted molar refractivity (Wildman–Crippen MR) is 105 cm³/mol. The van der Waals surface area contributed by atoms with Gasteiger partial charge in [0.05, 0.1) is 6.33 Å². The van der Waals surface area contributed by atoms with Crippen molar-refractivity contribution in [3.8, 4) is 0 Å². The van der Waals surface area contributed by atoms with E-state index in [1.807, 2.05) is 10.8 Å². The fourth-order valence-corrected chi connectivity index (χ4v) is 4.46. The van der Waals surface area contributed by atoms with Crippen LogP contribution in [0.15, 0.2) is 18.7 Å². The number of rotatable bonds is 7. The zero-order valence-electron chi connectivity index (χ0n) is 16.9. The Morgan fingerprint density at radius 1 is 1.26 bits per heavy atom. The molecule has 2 fully saturated rings. The molecule has 0 N–H and O–H groups in total. The number of hydrogen-bond acceptors (Lipinski definition) is 3. The van der Waals surface area contributed by atoms with Crippen LogP contribution < -0.4 is 0 Å². The first-order valence-electron chi connectivity index (χ1n) is 10.5. The normalized spacial score (nSPS) is 23.4. The van der Waals surface area contributed by atoms with Gasteiger partial charge in [0.25, 0.3) is 0 Å². The van der Waals surface area contributed by atoms with Gasteiger partial charge in [-0.25, -0.2) is 4.98 Å². The van der Waals surface area contributed by atoms with Gasteiger partial charge in [-0.2, -0.15) is 0 Å². The van der Waals surface area contributed by atoms with Crippen molar-refractivity contribution in [1.29, 1.82) is 0 Å². The van der Waals surface area contributed by atoms with Crippen molar-refractivity contribution in [1.82, 2.24) is 19.4 Å². The second-order valence-electron chi connectivity index (χ2n) is 8.82. The second-order valence-corrected chi connectivity index (χ2v) is 8.82. The first-order valence-corrected chi connectivity index (χ1v) is 10.5. The highest BCUT2D eigenvalue weighted by Crippen LogP contribution is 2.39. The molecule has 0 radical (unpaired) electrons. The summed E-state index contributed by atoms with van der Waals surface area (Å²) >= 11 is 0. The topological polar surface area (TPSA) is 58.4 Å². The second kappa shape index (κ2) is 8.89. The summed E-state index contributed by atoms with van der Waals surface area (Å²) in [4.78, 5) is 33.2. The highest BCUT2D eigenvalue weighted by Gasteiger charge is 2.42. The van der Waals surface area contributed by atoms with Crippen molar-refractivity contribution >= 4 is 11.8 Å². The van der Waals surface area contributed by atoms with E-state index in [1.165, 1.54) is 0 Å². The summed E-state index contributed by atoms with van der Waals surface area (Å²) in [5, 5.41) is 0.